The molecule has 2 aromatic heterocycles. The van der Waals surface area contributed by atoms with Gasteiger partial charge in [-0.3, -0.25) is 4.90 Å². The zero-order valence-electron chi connectivity index (χ0n) is 13.0. The van der Waals surface area contributed by atoms with Gasteiger partial charge in [0.15, 0.2) is 0 Å². The Balaban J connectivity index is 1.73. The molecule has 0 amide bonds. The van der Waals surface area contributed by atoms with Crippen LogP contribution in [0.1, 0.15) is 24.6 Å². The van der Waals surface area contributed by atoms with Crippen LogP contribution in [-0.2, 0) is 16.6 Å². The molecule has 3 heterocycles. The van der Waals surface area contributed by atoms with Crippen LogP contribution in [0.15, 0.2) is 24.5 Å². The van der Waals surface area contributed by atoms with Crippen LogP contribution in [0.5, 0.6) is 0 Å². The van der Waals surface area contributed by atoms with E-state index in [2.05, 4.69) is 19.0 Å². The van der Waals surface area contributed by atoms with Crippen molar-refractivity contribution in [2.45, 2.75) is 32.1 Å². The SMILES string of the molecule is CCNS(=O)(=O)[C@H]1CCN(Cc2cnc3c(C)cccn23)C1. The quantitative estimate of drug-likeness (QED) is 0.897. The minimum atomic E-state index is -3.19. The first kappa shape index (κ1) is 15.5. The van der Waals surface area contributed by atoms with Gasteiger partial charge in [0.1, 0.15) is 5.65 Å². The predicted octanol–water partition coefficient (Wildman–Crippen LogP) is 1.16. The van der Waals surface area contributed by atoms with Gasteiger partial charge >= 0.3 is 0 Å². The highest BCUT2D eigenvalue weighted by molar-refractivity contribution is 7.90. The van der Waals surface area contributed by atoms with Crippen LogP contribution in [-0.4, -0.2) is 47.6 Å². The number of nitrogens with zero attached hydrogens (tertiary/aromatic N) is 3. The highest BCUT2D eigenvalue weighted by Gasteiger charge is 2.32. The van der Waals surface area contributed by atoms with Gasteiger partial charge in [-0.2, -0.15) is 0 Å². The number of imidazole rings is 1. The molecule has 0 aliphatic carbocycles. The fourth-order valence-electron chi connectivity index (χ4n) is 3.06. The molecular weight excluding hydrogens is 300 g/mol. The Hall–Kier alpha value is -1.44. The normalized spacial score (nSPS) is 20.0. The maximum atomic E-state index is 12.1. The van der Waals surface area contributed by atoms with E-state index in [1.165, 1.54) is 0 Å². The average molecular weight is 322 g/mol. The van der Waals surface area contributed by atoms with Gasteiger partial charge in [-0.1, -0.05) is 13.0 Å². The molecule has 1 aliphatic rings. The predicted molar refractivity (Wildman–Crippen MR) is 86.2 cm³/mol. The molecule has 2 aromatic rings. The minimum Gasteiger partial charge on any atom is -0.303 e. The van der Waals surface area contributed by atoms with Gasteiger partial charge in [-0.25, -0.2) is 18.1 Å². The zero-order chi connectivity index (χ0) is 15.7. The molecule has 0 unspecified atom stereocenters. The Morgan fingerprint density at radius 1 is 1.45 bits per heavy atom. The third-order valence-corrected chi connectivity index (χ3v) is 6.16. The third-order valence-electron chi connectivity index (χ3n) is 4.21. The van der Waals surface area contributed by atoms with E-state index in [0.29, 0.717) is 19.5 Å². The Kier molecular flexibility index (Phi) is 4.20. The number of nitrogens with one attached hydrogen (secondary N) is 1. The summed E-state index contributed by atoms with van der Waals surface area (Å²) in [5.41, 5.74) is 3.21. The summed E-state index contributed by atoms with van der Waals surface area (Å²) in [4.78, 5) is 6.65. The Morgan fingerprint density at radius 2 is 2.27 bits per heavy atom. The molecule has 1 saturated heterocycles. The summed E-state index contributed by atoms with van der Waals surface area (Å²) < 4.78 is 28.9. The number of fused-ring (bicyclic) bond motifs is 1. The zero-order valence-corrected chi connectivity index (χ0v) is 13.8. The largest absolute Gasteiger partial charge is 0.303 e. The van der Waals surface area contributed by atoms with E-state index in [0.717, 1.165) is 30.0 Å². The molecule has 0 spiro atoms. The van der Waals surface area contributed by atoms with Gasteiger partial charge in [0.2, 0.25) is 10.0 Å². The van der Waals surface area contributed by atoms with Crippen LogP contribution >= 0.6 is 0 Å². The molecule has 1 atom stereocenters. The summed E-state index contributed by atoms with van der Waals surface area (Å²) in [5, 5.41) is -0.312. The lowest BCUT2D eigenvalue weighted by Crippen LogP contribution is -2.36. The summed E-state index contributed by atoms with van der Waals surface area (Å²) in [5.74, 6) is 0. The van der Waals surface area contributed by atoms with Crippen LogP contribution in [0.2, 0.25) is 0 Å². The summed E-state index contributed by atoms with van der Waals surface area (Å²) in [7, 11) is -3.19. The van der Waals surface area contributed by atoms with E-state index in [-0.39, 0.29) is 5.25 Å². The smallest absolute Gasteiger partial charge is 0.215 e. The number of hydrogen-bond acceptors (Lipinski definition) is 4. The van der Waals surface area contributed by atoms with Crippen molar-refractivity contribution in [2.24, 2.45) is 0 Å². The molecule has 3 rings (SSSR count). The number of sulfonamides is 1. The fraction of sp³-hybridized carbons (Fsp3) is 0.533. The van der Waals surface area contributed by atoms with Crippen molar-refractivity contribution in [3.05, 3.63) is 35.8 Å². The lowest BCUT2D eigenvalue weighted by molar-refractivity contribution is 0.326. The van der Waals surface area contributed by atoms with Gasteiger partial charge in [-0.15, -0.1) is 0 Å². The van der Waals surface area contributed by atoms with E-state index in [1.807, 2.05) is 38.4 Å². The topological polar surface area (TPSA) is 66.7 Å². The van der Waals surface area contributed by atoms with Crippen molar-refractivity contribution in [1.29, 1.82) is 0 Å². The second-order valence-electron chi connectivity index (χ2n) is 5.82. The summed E-state index contributed by atoms with van der Waals surface area (Å²) in [6.07, 6.45) is 4.58. The van der Waals surface area contributed by atoms with Crippen LogP contribution in [0.3, 0.4) is 0 Å². The van der Waals surface area contributed by atoms with Crippen molar-refractivity contribution in [1.82, 2.24) is 19.0 Å². The first-order valence-corrected chi connectivity index (χ1v) is 9.18. The molecule has 0 bridgehead atoms. The average Bonchev–Trinajstić information content (AvgIpc) is 3.08. The van der Waals surface area contributed by atoms with Crippen LogP contribution in [0.4, 0.5) is 0 Å². The lowest BCUT2D eigenvalue weighted by Gasteiger charge is -2.16. The number of aryl methyl sites for hydroxylation is 1. The number of pyridine rings is 1. The Labute approximate surface area is 131 Å². The molecule has 22 heavy (non-hydrogen) atoms. The van der Waals surface area contributed by atoms with E-state index < -0.39 is 10.0 Å². The van der Waals surface area contributed by atoms with E-state index in [9.17, 15) is 8.42 Å². The monoisotopic (exact) mass is 322 g/mol. The Morgan fingerprint density at radius 3 is 3.05 bits per heavy atom. The van der Waals surface area contributed by atoms with Gasteiger partial charge in [0.25, 0.3) is 0 Å². The second kappa shape index (κ2) is 5.98. The van der Waals surface area contributed by atoms with Crippen molar-refractivity contribution in [2.75, 3.05) is 19.6 Å². The van der Waals surface area contributed by atoms with Gasteiger partial charge < -0.3 is 4.40 Å². The van der Waals surface area contributed by atoms with Crippen molar-refractivity contribution >= 4 is 15.7 Å². The van der Waals surface area contributed by atoms with Crippen LogP contribution in [0.25, 0.3) is 5.65 Å². The number of hydrogen-bond donors (Lipinski definition) is 1. The Bertz CT molecular complexity index is 769. The molecule has 0 radical (unpaired) electrons. The van der Waals surface area contributed by atoms with Crippen molar-refractivity contribution in [3.8, 4) is 0 Å². The van der Waals surface area contributed by atoms with Gasteiger partial charge in [-0.05, 0) is 31.5 Å². The van der Waals surface area contributed by atoms with Crippen LogP contribution in [0, 0.1) is 6.92 Å². The maximum absolute atomic E-state index is 12.1. The van der Waals surface area contributed by atoms with Crippen molar-refractivity contribution in [3.63, 3.8) is 0 Å². The molecule has 7 heteroatoms. The first-order valence-electron chi connectivity index (χ1n) is 7.63. The molecule has 120 valence electrons. The van der Waals surface area contributed by atoms with Gasteiger partial charge in [0, 0.05) is 25.8 Å². The molecule has 0 saturated carbocycles. The molecular formula is C15H22N4O2S. The summed E-state index contributed by atoms with van der Waals surface area (Å²) in [6, 6.07) is 4.05. The molecule has 1 N–H and O–H groups in total. The van der Waals surface area contributed by atoms with Crippen LogP contribution < -0.4 is 4.72 Å². The fourth-order valence-corrected chi connectivity index (χ4v) is 4.52. The third kappa shape index (κ3) is 2.88. The molecule has 1 aliphatic heterocycles. The standard InChI is InChI=1S/C15H22N4O2S/c1-3-17-22(20,21)14-6-8-18(11-14)10-13-9-16-15-12(2)5-4-7-19(13)15/h4-5,7,9,14,17H,3,6,8,10-11H2,1-2H3/t14-/m0/s1. The number of rotatable bonds is 5. The highest BCUT2D eigenvalue weighted by atomic mass is 32.2. The maximum Gasteiger partial charge on any atom is 0.215 e. The summed E-state index contributed by atoms with van der Waals surface area (Å²) in [6.45, 7) is 6.41. The van der Waals surface area contributed by atoms with Gasteiger partial charge in [0.05, 0.1) is 17.1 Å². The van der Waals surface area contributed by atoms with Crippen molar-refractivity contribution < 1.29 is 8.42 Å². The van der Waals surface area contributed by atoms with E-state index >= 15 is 0 Å². The molecule has 6 nitrogen and oxygen atoms in total. The minimum absolute atomic E-state index is 0.312. The number of aromatic nitrogens is 2. The first-order chi connectivity index (χ1) is 10.5. The summed E-state index contributed by atoms with van der Waals surface area (Å²) >= 11 is 0. The molecule has 0 aromatic carbocycles. The van der Waals surface area contributed by atoms with E-state index in [1.54, 1.807) is 0 Å². The molecule has 1 fully saturated rings. The number of likely N-dealkylation sites (tertiary alicyclic amines) is 1. The second-order valence-corrected chi connectivity index (χ2v) is 7.87. The van der Waals surface area contributed by atoms with E-state index in [4.69, 9.17) is 0 Å². The highest BCUT2D eigenvalue weighted by Crippen LogP contribution is 2.19. The lowest BCUT2D eigenvalue weighted by atomic mass is 10.3.